The highest BCUT2D eigenvalue weighted by Crippen LogP contribution is 2.49. The number of nitrogens with zero attached hydrogens (tertiary/aromatic N) is 2. The van der Waals surface area contributed by atoms with Gasteiger partial charge in [-0.25, -0.2) is 17.6 Å². The highest BCUT2D eigenvalue weighted by atomic mass is 19.1. The number of anilines is 6. The van der Waals surface area contributed by atoms with Gasteiger partial charge in [0.05, 0.1) is 22.7 Å². The van der Waals surface area contributed by atoms with E-state index < -0.39 is 23.3 Å². The second-order valence-corrected chi connectivity index (χ2v) is 17.4. The number of benzene rings is 12. The third kappa shape index (κ3) is 7.47. The van der Waals surface area contributed by atoms with Gasteiger partial charge in [-0.15, -0.1) is 0 Å². The molecule has 0 amide bonds. The molecule has 0 aliphatic carbocycles. The molecule has 6 heteroatoms. The molecule has 70 heavy (non-hydrogen) atoms. The summed E-state index contributed by atoms with van der Waals surface area (Å²) in [7, 11) is 0. The van der Waals surface area contributed by atoms with Gasteiger partial charge < -0.3 is 9.80 Å². The van der Waals surface area contributed by atoms with Crippen molar-refractivity contribution in [3.05, 3.63) is 266 Å². The Bertz CT molecular complexity index is 3620. The Kier molecular flexibility index (Phi) is 10.6. The molecule has 0 bridgehead atoms. The van der Waals surface area contributed by atoms with Gasteiger partial charge in [-0.2, -0.15) is 0 Å². The minimum atomic E-state index is -0.719. The third-order valence-electron chi connectivity index (χ3n) is 13.2. The van der Waals surface area contributed by atoms with Crippen molar-refractivity contribution in [1.82, 2.24) is 0 Å². The van der Waals surface area contributed by atoms with Crippen LogP contribution in [0.3, 0.4) is 0 Å². The van der Waals surface area contributed by atoms with E-state index in [4.69, 9.17) is 0 Å². The molecule has 0 aromatic heterocycles. The van der Waals surface area contributed by atoms with Crippen LogP contribution in [0, 0.1) is 23.3 Å². The van der Waals surface area contributed by atoms with Crippen molar-refractivity contribution in [1.29, 1.82) is 0 Å². The molecule has 2 nitrogen and oxygen atoms in total. The van der Waals surface area contributed by atoms with Gasteiger partial charge >= 0.3 is 0 Å². The van der Waals surface area contributed by atoms with Crippen molar-refractivity contribution in [2.75, 3.05) is 9.80 Å². The molecule has 0 heterocycles. The zero-order chi connectivity index (χ0) is 47.3. The minimum Gasteiger partial charge on any atom is -0.307 e. The molecule has 0 saturated heterocycles. The Balaban J connectivity index is 1.04. The van der Waals surface area contributed by atoms with Gasteiger partial charge in [0.1, 0.15) is 23.3 Å². The largest absolute Gasteiger partial charge is 0.307 e. The monoisotopic (exact) mass is 912 g/mol. The summed E-state index contributed by atoms with van der Waals surface area (Å²) in [6.07, 6.45) is 0. The first kappa shape index (κ1) is 42.4. The summed E-state index contributed by atoms with van der Waals surface area (Å²) in [5.41, 5.74) is 8.63. The predicted molar refractivity (Wildman–Crippen MR) is 281 cm³/mol. The zero-order valence-electron chi connectivity index (χ0n) is 37.5. The van der Waals surface area contributed by atoms with Gasteiger partial charge in [-0.3, -0.25) is 0 Å². The van der Waals surface area contributed by atoms with E-state index in [0.29, 0.717) is 33.9 Å². The molecule has 12 aromatic carbocycles. The fraction of sp³-hybridized carbons (Fsp3) is 0. The molecular formula is C64H40F4N2. The zero-order valence-corrected chi connectivity index (χ0v) is 37.5. The lowest BCUT2D eigenvalue weighted by molar-refractivity contribution is 0.586. The number of hydrogen-bond donors (Lipinski definition) is 0. The Labute approximate surface area is 402 Å². The predicted octanol–water partition coefficient (Wildman–Crippen LogP) is 18.7. The second kappa shape index (κ2) is 17.6. The maximum atomic E-state index is 16.7. The molecule has 0 radical (unpaired) electrons. The quantitative estimate of drug-likeness (QED) is 0.0996. The lowest BCUT2D eigenvalue weighted by Crippen LogP contribution is -2.13. The van der Waals surface area contributed by atoms with Gasteiger partial charge in [0.15, 0.2) is 0 Å². The van der Waals surface area contributed by atoms with Crippen LogP contribution in [0.1, 0.15) is 0 Å². The summed E-state index contributed by atoms with van der Waals surface area (Å²) in [4.78, 5) is 3.70. The maximum absolute atomic E-state index is 16.7. The van der Waals surface area contributed by atoms with Crippen molar-refractivity contribution < 1.29 is 17.6 Å². The van der Waals surface area contributed by atoms with Crippen molar-refractivity contribution in [3.63, 3.8) is 0 Å². The van der Waals surface area contributed by atoms with Gasteiger partial charge in [-0.05, 0) is 116 Å². The maximum Gasteiger partial charge on any atom is 0.150 e. The van der Waals surface area contributed by atoms with E-state index in [2.05, 4.69) is 0 Å². The highest BCUT2D eigenvalue weighted by molar-refractivity contribution is 6.28. The van der Waals surface area contributed by atoms with Crippen molar-refractivity contribution in [2.24, 2.45) is 0 Å². The molecule has 334 valence electrons. The molecule has 0 unspecified atom stereocenters. The van der Waals surface area contributed by atoms with E-state index in [0.717, 1.165) is 66.7 Å². The van der Waals surface area contributed by atoms with Crippen LogP contribution in [-0.2, 0) is 0 Å². The summed E-state index contributed by atoms with van der Waals surface area (Å²) in [5.74, 6) is -2.78. The van der Waals surface area contributed by atoms with Crippen LogP contribution in [0.15, 0.2) is 243 Å². The van der Waals surface area contributed by atoms with Gasteiger partial charge in [0.2, 0.25) is 0 Å². The van der Waals surface area contributed by atoms with Gasteiger partial charge in [-0.1, -0.05) is 170 Å². The first-order valence-corrected chi connectivity index (χ1v) is 23.1. The van der Waals surface area contributed by atoms with E-state index in [-0.39, 0.29) is 22.5 Å². The number of rotatable bonds is 10. The third-order valence-corrected chi connectivity index (χ3v) is 13.2. The molecule has 12 rings (SSSR count). The summed E-state index contributed by atoms with van der Waals surface area (Å²) < 4.78 is 65.7. The number of halogens is 4. The Morgan fingerprint density at radius 2 is 0.586 bits per heavy atom. The van der Waals surface area contributed by atoms with Crippen molar-refractivity contribution in [2.45, 2.75) is 0 Å². The van der Waals surface area contributed by atoms with E-state index in [1.54, 1.807) is 12.1 Å². The van der Waals surface area contributed by atoms with Crippen LogP contribution >= 0.6 is 0 Å². The fourth-order valence-corrected chi connectivity index (χ4v) is 9.98. The first-order chi connectivity index (χ1) is 34.4. The summed E-state index contributed by atoms with van der Waals surface area (Å²) >= 11 is 0. The molecule has 0 aliphatic heterocycles. The molecule has 12 aromatic rings. The minimum absolute atomic E-state index is 0.176. The average Bonchev–Trinajstić information content (AvgIpc) is 3.41. The first-order valence-electron chi connectivity index (χ1n) is 23.1. The molecule has 0 saturated carbocycles. The topological polar surface area (TPSA) is 6.48 Å². The molecule has 0 fully saturated rings. The van der Waals surface area contributed by atoms with Crippen LogP contribution in [0.25, 0.3) is 76.8 Å². The van der Waals surface area contributed by atoms with Crippen LogP contribution in [0.2, 0.25) is 0 Å². The van der Waals surface area contributed by atoms with Gasteiger partial charge in [0, 0.05) is 45.4 Å². The van der Waals surface area contributed by atoms with Crippen molar-refractivity contribution >= 4 is 66.4 Å². The molecule has 0 N–H and O–H groups in total. The average molecular weight is 913 g/mol. The smallest absolute Gasteiger partial charge is 0.150 e. The van der Waals surface area contributed by atoms with E-state index in [1.807, 2.05) is 228 Å². The van der Waals surface area contributed by atoms with Gasteiger partial charge in [0.25, 0.3) is 0 Å². The molecule has 0 atom stereocenters. The summed E-state index contributed by atoms with van der Waals surface area (Å²) in [6, 6.07) is 75.4. The van der Waals surface area contributed by atoms with Crippen LogP contribution in [0.4, 0.5) is 51.7 Å². The normalized spacial score (nSPS) is 11.4. The Hall–Kier alpha value is -9.00. The van der Waals surface area contributed by atoms with E-state index >= 15 is 17.6 Å². The van der Waals surface area contributed by atoms with Crippen LogP contribution < -0.4 is 9.80 Å². The number of hydrogen-bond acceptors (Lipinski definition) is 2. The summed E-state index contributed by atoms with van der Waals surface area (Å²) in [6.45, 7) is 0. The SMILES string of the molecule is Fc1cc(F)c(N(c2ccccc2)c2ccc3ccc4c(N(c5ccccc5)c5cc(-c6cccc(-c7ccccc7)c6)c(F)cc5F)ccc5ccc2c3c54)cc1-c1cccc(-c2ccccc2)c1. The second-order valence-electron chi connectivity index (χ2n) is 17.4. The number of para-hydroxylation sites is 2. The molecule has 0 spiro atoms. The molecular weight excluding hydrogens is 873 g/mol. The lowest BCUT2D eigenvalue weighted by atomic mass is 9.91. The fourth-order valence-electron chi connectivity index (χ4n) is 9.98. The van der Waals surface area contributed by atoms with Crippen LogP contribution in [-0.4, -0.2) is 0 Å². The molecule has 0 aliphatic rings. The summed E-state index contributed by atoms with van der Waals surface area (Å²) in [5, 5.41) is 5.37. The standard InChI is InChI=1S/C64H40F4N2/c65-55-39-57(67)61(37-53(55)47-21-13-19-45(35-47)41-15-5-1-6-16-41)69(49-23-9-3-10-24-49)59-33-29-43-28-32-52-60(34-30-44-27-31-51(59)63(43)64(44)52)70(50-25-11-4-12-26-50)62-38-54(56(66)40-58(62)68)48-22-14-20-46(36-48)42-17-7-2-8-18-42/h1-40H. The van der Waals surface area contributed by atoms with Crippen molar-refractivity contribution in [3.8, 4) is 44.5 Å². The highest BCUT2D eigenvalue weighted by Gasteiger charge is 2.26. The van der Waals surface area contributed by atoms with E-state index in [9.17, 15) is 0 Å². The Morgan fingerprint density at radius 3 is 0.986 bits per heavy atom. The lowest BCUT2D eigenvalue weighted by Gasteiger charge is -2.30. The van der Waals surface area contributed by atoms with E-state index in [1.165, 1.54) is 0 Å². The Morgan fingerprint density at radius 1 is 0.243 bits per heavy atom. The van der Waals surface area contributed by atoms with Crippen LogP contribution in [0.5, 0.6) is 0 Å².